The van der Waals surface area contributed by atoms with E-state index in [2.05, 4.69) is 5.32 Å². The molecule has 0 aliphatic rings. The third kappa shape index (κ3) is 22.8. The van der Waals surface area contributed by atoms with Crippen molar-refractivity contribution in [3.05, 3.63) is 24.3 Å². The normalized spacial score (nSPS) is 5.32. The molecule has 10 nitrogen and oxygen atoms in total. The number of benzene rings is 1. The van der Waals surface area contributed by atoms with Crippen LogP contribution in [0.5, 0.6) is 5.75 Å². The van der Waals surface area contributed by atoms with Gasteiger partial charge in [0.1, 0.15) is 5.75 Å². The van der Waals surface area contributed by atoms with Crippen molar-refractivity contribution in [1.82, 2.24) is 0 Å². The zero-order valence-corrected chi connectivity index (χ0v) is 12.7. The molecule has 1 aromatic carbocycles. The van der Waals surface area contributed by atoms with Crippen molar-refractivity contribution in [1.29, 1.82) is 0 Å². The Morgan fingerprint density at radius 1 is 0.947 bits per heavy atom. The molecule has 0 aromatic heterocycles. The average molecular weight is 301 g/mol. The molecule has 0 saturated heterocycles. The van der Waals surface area contributed by atoms with E-state index in [0.29, 0.717) is 5.69 Å². The summed E-state index contributed by atoms with van der Waals surface area (Å²) in [6.45, 7) is 1.44. The van der Waals surface area contributed by atoms with Crippen molar-refractivity contribution in [2.75, 3.05) is 5.32 Å². The second-order valence-corrected chi connectivity index (χ2v) is 2.23. The SMILES string of the molecule is CC(=O)Nc1ccc(O)cc1.O.O.O.O.O.O.O.[H-].[Na+]. The van der Waals surface area contributed by atoms with Gasteiger partial charge in [-0.05, 0) is 24.3 Å². The minimum Gasteiger partial charge on any atom is -1.00 e. The van der Waals surface area contributed by atoms with Crippen molar-refractivity contribution in [3.63, 3.8) is 0 Å². The summed E-state index contributed by atoms with van der Waals surface area (Å²) in [5, 5.41) is 11.5. The van der Waals surface area contributed by atoms with E-state index in [4.69, 9.17) is 5.11 Å². The first-order chi connectivity index (χ1) is 5.18. The molecule has 0 aliphatic carbocycles. The first-order valence-corrected chi connectivity index (χ1v) is 3.25. The number of hydrogen-bond donors (Lipinski definition) is 2. The van der Waals surface area contributed by atoms with E-state index in [9.17, 15) is 4.79 Å². The third-order valence-electron chi connectivity index (χ3n) is 1.19. The predicted octanol–water partition coefficient (Wildman–Crippen LogP) is -7.31. The van der Waals surface area contributed by atoms with Gasteiger partial charge in [-0.2, -0.15) is 0 Å². The number of hydrogen-bond acceptors (Lipinski definition) is 2. The fraction of sp³-hybridized carbons (Fsp3) is 0.125. The molecule has 0 heterocycles. The number of anilines is 1. The summed E-state index contributed by atoms with van der Waals surface area (Å²) in [6.07, 6.45) is 0. The maximum atomic E-state index is 10.5. The smallest absolute Gasteiger partial charge is 1.00 e. The van der Waals surface area contributed by atoms with Crippen LogP contribution >= 0.6 is 0 Å². The summed E-state index contributed by atoms with van der Waals surface area (Å²) in [5.74, 6) is 0.0785. The van der Waals surface area contributed by atoms with Gasteiger partial charge in [-0.25, -0.2) is 0 Å². The molecule has 0 saturated carbocycles. The summed E-state index contributed by atoms with van der Waals surface area (Å²) in [7, 11) is 0. The molecule has 0 bridgehead atoms. The Morgan fingerprint density at radius 2 is 1.26 bits per heavy atom. The fourth-order valence-electron chi connectivity index (χ4n) is 0.748. The number of carbonyl (C=O) groups excluding carboxylic acids is 1. The van der Waals surface area contributed by atoms with Gasteiger partial charge in [0.25, 0.3) is 0 Å². The summed E-state index contributed by atoms with van der Waals surface area (Å²) >= 11 is 0. The number of phenols is 1. The van der Waals surface area contributed by atoms with Crippen LogP contribution in [0.2, 0.25) is 0 Å². The van der Waals surface area contributed by atoms with Gasteiger partial charge >= 0.3 is 29.6 Å². The first-order valence-electron chi connectivity index (χ1n) is 3.25. The standard InChI is InChI=1S/C8H9NO2.Na.7H2O.H/c1-6(10)9-7-2-4-8(11)5-3-7;;;;;;;;;/h2-5,11H,1H3,(H,9,10);;7*1H2;/q;+1;;;;;;;;-1. The van der Waals surface area contributed by atoms with Crippen molar-refractivity contribution < 1.29 is 79.2 Å². The van der Waals surface area contributed by atoms with Crippen LogP contribution in [0.15, 0.2) is 24.3 Å². The second-order valence-electron chi connectivity index (χ2n) is 2.23. The second kappa shape index (κ2) is 25.9. The van der Waals surface area contributed by atoms with E-state index in [1.165, 1.54) is 19.1 Å². The van der Waals surface area contributed by atoms with Gasteiger partial charge in [0, 0.05) is 12.6 Å². The molecule has 0 fully saturated rings. The van der Waals surface area contributed by atoms with Gasteiger partial charge < -0.3 is 50.2 Å². The van der Waals surface area contributed by atoms with E-state index < -0.39 is 0 Å². The molecule has 0 atom stereocenters. The zero-order valence-electron chi connectivity index (χ0n) is 11.7. The van der Waals surface area contributed by atoms with Gasteiger partial charge in [0.15, 0.2) is 0 Å². The minimum atomic E-state index is -0.115. The van der Waals surface area contributed by atoms with Crippen LogP contribution in [-0.2, 0) is 4.79 Å². The number of nitrogens with one attached hydrogen (secondary N) is 1. The van der Waals surface area contributed by atoms with Crippen LogP contribution in [0, 0.1) is 0 Å². The first kappa shape index (κ1) is 51.7. The van der Waals surface area contributed by atoms with Gasteiger partial charge in [-0.15, -0.1) is 0 Å². The monoisotopic (exact) mass is 301 g/mol. The van der Waals surface area contributed by atoms with E-state index in [1.807, 2.05) is 0 Å². The molecule has 1 aromatic rings. The zero-order chi connectivity index (χ0) is 8.27. The van der Waals surface area contributed by atoms with E-state index in [0.717, 1.165) is 0 Å². The molecule has 0 unspecified atom stereocenters. The summed E-state index contributed by atoms with van der Waals surface area (Å²) in [4.78, 5) is 10.5. The molecule has 1 amide bonds. The van der Waals surface area contributed by atoms with Crippen LogP contribution in [0.25, 0.3) is 0 Å². The molecule has 11 heteroatoms. The van der Waals surface area contributed by atoms with Gasteiger partial charge in [0.2, 0.25) is 5.91 Å². The Bertz CT molecular complexity index is 275. The molecule has 116 valence electrons. The fourth-order valence-corrected chi connectivity index (χ4v) is 0.748. The quantitative estimate of drug-likeness (QED) is 0.377. The molecule has 0 radical (unpaired) electrons. The summed E-state index contributed by atoms with van der Waals surface area (Å²) in [6, 6.07) is 6.31. The molecular weight excluding hydrogens is 277 g/mol. The van der Waals surface area contributed by atoms with E-state index >= 15 is 0 Å². The number of carbonyl (C=O) groups is 1. The Morgan fingerprint density at radius 3 is 1.53 bits per heavy atom. The maximum Gasteiger partial charge on any atom is 1.00 e. The van der Waals surface area contributed by atoms with Crippen molar-refractivity contribution in [3.8, 4) is 5.75 Å². The Labute approximate surface area is 133 Å². The van der Waals surface area contributed by atoms with Crippen LogP contribution in [0.3, 0.4) is 0 Å². The van der Waals surface area contributed by atoms with Crippen molar-refractivity contribution in [2.24, 2.45) is 0 Å². The number of phenolic OH excluding ortho intramolecular Hbond substituents is 1. The largest absolute Gasteiger partial charge is 1.00 e. The minimum absolute atomic E-state index is 0. The maximum absolute atomic E-state index is 10.5. The number of aromatic hydroxyl groups is 1. The molecule has 16 N–H and O–H groups in total. The molecular formula is C8H24NNaO9. The van der Waals surface area contributed by atoms with E-state index in [1.54, 1.807) is 12.1 Å². The molecule has 1 rings (SSSR count). The van der Waals surface area contributed by atoms with Crippen molar-refractivity contribution in [2.45, 2.75) is 6.92 Å². The third-order valence-corrected chi connectivity index (χ3v) is 1.19. The molecule has 0 spiro atoms. The van der Waals surface area contributed by atoms with Crippen molar-refractivity contribution >= 4 is 11.6 Å². The topological polar surface area (TPSA) is 270 Å². The number of rotatable bonds is 1. The summed E-state index contributed by atoms with van der Waals surface area (Å²) in [5.41, 5.74) is 0.690. The average Bonchev–Trinajstić information content (AvgIpc) is 1.93. The summed E-state index contributed by atoms with van der Waals surface area (Å²) < 4.78 is 0. The Kier molecular flexibility index (Phi) is 70.6. The molecule has 0 aliphatic heterocycles. The molecule has 19 heavy (non-hydrogen) atoms. The van der Waals surface area contributed by atoms with Gasteiger partial charge in [0.05, 0.1) is 0 Å². The van der Waals surface area contributed by atoms with Gasteiger partial charge in [-0.3, -0.25) is 4.79 Å². The van der Waals surface area contributed by atoms with Crippen LogP contribution in [-0.4, -0.2) is 49.3 Å². The van der Waals surface area contributed by atoms with Gasteiger partial charge in [-0.1, -0.05) is 0 Å². The number of amides is 1. The Balaban J connectivity index is -0.0000000192. The predicted molar refractivity (Wildman–Crippen MR) is 68.8 cm³/mol. The van der Waals surface area contributed by atoms with Crippen LogP contribution in [0.4, 0.5) is 5.69 Å². The van der Waals surface area contributed by atoms with Crippen LogP contribution < -0.4 is 34.9 Å². The van der Waals surface area contributed by atoms with Crippen LogP contribution in [0.1, 0.15) is 8.35 Å². The van der Waals surface area contributed by atoms with E-state index in [-0.39, 0.29) is 81.0 Å². The Hall–Kier alpha value is -0.790.